The zero-order valence-electron chi connectivity index (χ0n) is 11.6. The first kappa shape index (κ1) is 13.6. The van der Waals surface area contributed by atoms with E-state index in [9.17, 15) is 9.59 Å². The van der Waals surface area contributed by atoms with Gasteiger partial charge in [-0.15, -0.1) is 0 Å². The fraction of sp³-hybridized carbons (Fsp3) is 0.571. The predicted molar refractivity (Wildman–Crippen MR) is 70.3 cm³/mol. The first-order valence-corrected chi connectivity index (χ1v) is 6.73. The van der Waals surface area contributed by atoms with Crippen LogP contribution in [0.1, 0.15) is 38.2 Å². The second kappa shape index (κ2) is 5.47. The summed E-state index contributed by atoms with van der Waals surface area (Å²) < 4.78 is 5.51. The normalized spacial score (nSPS) is 23.6. The molecule has 5 nitrogen and oxygen atoms in total. The van der Waals surface area contributed by atoms with Crippen molar-refractivity contribution in [1.82, 2.24) is 10.2 Å². The number of nitrogens with zero attached hydrogens (tertiary/aromatic N) is 1. The van der Waals surface area contributed by atoms with Crippen molar-refractivity contribution in [2.75, 3.05) is 0 Å². The summed E-state index contributed by atoms with van der Waals surface area (Å²) in [6.07, 6.45) is 1.21. The molecule has 2 unspecified atom stereocenters. The average molecular weight is 264 g/mol. The Kier molecular flexibility index (Phi) is 3.93. The third kappa shape index (κ3) is 2.64. The summed E-state index contributed by atoms with van der Waals surface area (Å²) in [5.41, 5.74) is 0. The maximum atomic E-state index is 12.4. The van der Waals surface area contributed by atoms with Gasteiger partial charge in [0.15, 0.2) is 0 Å². The molecule has 5 heteroatoms. The van der Waals surface area contributed by atoms with Gasteiger partial charge in [0.2, 0.25) is 11.8 Å². The Bertz CT molecular complexity index is 481. The lowest BCUT2D eigenvalue weighted by Crippen LogP contribution is -2.62. The minimum atomic E-state index is -0.411. The van der Waals surface area contributed by atoms with Crippen LogP contribution in [0.25, 0.3) is 0 Å². The van der Waals surface area contributed by atoms with Gasteiger partial charge in [0.1, 0.15) is 23.6 Å². The Hall–Kier alpha value is -1.78. The topological polar surface area (TPSA) is 62.6 Å². The third-order valence-corrected chi connectivity index (χ3v) is 3.49. The maximum Gasteiger partial charge on any atom is 0.246 e. The number of carbonyl (C=O) groups excluding carboxylic acids is 2. The molecule has 19 heavy (non-hydrogen) atoms. The fourth-order valence-corrected chi connectivity index (χ4v) is 2.43. The molecule has 1 N–H and O–H groups in total. The van der Waals surface area contributed by atoms with Crippen molar-refractivity contribution >= 4 is 11.8 Å². The summed E-state index contributed by atoms with van der Waals surface area (Å²) >= 11 is 0. The molecule has 1 aliphatic heterocycles. The SMILES string of the molecule is CCC1NC(=O)C(CC)N(Cc2ccc(C)o2)C1=O. The van der Waals surface area contributed by atoms with Crippen molar-refractivity contribution in [1.29, 1.82) is 0 Å². The molecule has 0 saturated carbocycles. The molecule has 1 aromatic heterocycles. The lowest BCUT2D eigenvalue weighted by Gasteiger charge is -2.37. The number of carbonyl (C=O) groups is 2. The van der Waals surface area contributed by atoms with Crippen molar-refractivity contribution in [3.8, 4) is 0 Å². The second-order valence-electron chi connectivity index (χ2n) is 4.87. The maximum absolute atomic E-state index is 12.4. The number of nitrogens with one attached hydrogen (secondary N) is 1. The van der Waals surface area contributed by atoms with Gasteiger partial charge in [0.05, 0.1) is 6.54 Å². The van der Waals surface area contributed by atoms with Gasteiger partial charge < -0.3 is 14.6 Å². The minimum Gasteiger partial charge on any atom is -0.464 e. The molecule has 1 aliphatic rings. The van der Waals surface area contributed by atoms with Crippen LogP contribution >= 0.6 is 0 Å². The molecule has 0 aromatic carbocycles. The van der Waals surface area contributed by atoms with E-state index in [2.05, 4.69) is 5.32 Å². The monoisotopic (exact) mass is 264 g/mol. The Labute approximate surface area is 113 Å². The van der Waals surface area contributed by atoms with Gasteiger partial charge in [-0.2, -0.15) is 0 Å². The highest BCUT2D eigenvalue weighted by Crippen LogP contribution is 2.19. The summed E-state index contributed by atoms with van der Waals surface area (Å²) in [4.78, 5) is 26.0. The first-order chi connectivity index (χ1) is 9.06. The number of piperazine rings is 1. The zero-order chi connectivity index (χ0) is 14.0. The van der Waals surface area contributed by atoms with Crippen molar-refractivity contribution < 1.29 is 14.0 Å². The van der Waals surface area contributed by atoms with Crippen LogP contribution in [0, 0.1) is 6.92 Å². The molecule has 0 radical (unpaired) electrons. The van der Waals surface area contributed by atoms with Crippen LogP contribution in [-0.4, -0.2) is 28.8 Å². The van der Waals surface area contributed by atoms with Crippen LogP contribution in [-0.2, 0) is 16.1 Å². The summed E-state index contributed by atoms with van der Waals surface area (Å²) in [6.45, 7) is 6.02. The Morgan fingerprint density at radius 3 is 2.53 bits per heavy atom. The molecular formula is C14H20N2O3. The molecule has 2 heterocycles. The summed E-state index contributed by atoms with van der Waals surface area (Å²) in [5, 5.41) is 2.78. The number of aryl methyl sites for hydroxylation is 1. The molecular weight excluding hydrogens is 244 g/mol. The molecule has 0 spiro atoms. The van der Waals surface area contributed by atoms with Crippen LogP contribution in [0.2, 0.25) is 0 Å². The van der Waals surface area contributed by atoms with Crippen LogP contribution in [0.5, 0.6) is 0 Å². The molecule has 1 aromatic rings. The van der Waals surface area contributed by atoms with Gasteiger partial charge in [0.25, 0.3) is 0 Å². The third-order valence-electron chi connectivity index (χ3n) is 3.49. The quantitative estimate of drug-likeness (QED) is 0.898. The number of furan rings is 1. The molecule has 2 rings (SSSR count). The summed E-state index contributed by atoms with van der Waals surface area (Å²) in [7, 11) is 0. The van der Waals surface area contributed by atoms with Crippen molar-refractivity contribution in [2.45, 2.75) is 52.2 Å². The van der Waals surface area contributed by atoms with E-state index in [-0.39, 0.29) is 11.8 Å². The smallest absolute Gasteiger partial charge is 0.246 e. The van der Waals surface area contributed by atoms with Gasteiger partial charge in [-0.05, 0) is 31.9 Å². The van der Waals surface area contributed by atoms with E-state index in [0.717, 1.165) is 5.76 Å². The van der Waals surface area contributed by atoms with E-state index < -0.39 is 12.1 Å². The van der Waals surface area contributed by atoms with E-state index in [1.54, 1.807) is 4.90 Å². The number of hydrogen-bond donors (Lipinski definition) is 1. The van der Waals surface area contributed by atoms with Gasteiger partial charge in [-0.25, -0.2) is 0 Å². The molecule has 0 bridgehead atoms. The fourth-order valence-electron chi connectivity index (χ4n) is 2.43. The van der Waals surface area contributed by atoms with E-state index >= 15 is 0 Å². The molecule has 1 fully saturated rings. The van der Waals surface area contributed by atoms with Crippen LogP contribution in [0.4, 0.5) is 0 Å². The summed E-state index contributed by atoms with van der Waals surface area (Å²) in [6, 6.07) is 2.90. The first-order valence-electron chi connectivity index (χ1n) is 6.73. The predicted octanol–water partition coefficient (Wildman–Crippen LogP) is 1.60. The average Bonchev–Trinajstić information content (AvgIpc) is 2.79. The van der Waals surface area contributed by atoms with Crippen LogP contribution in [0.15, 0.2) is 16.5 Å². The Balaban J connectivity index is 2.21. The standard InChI is InChI=1S/C14H20N2O3/c1-4-11-14(18)16(12(5-2)13(17)15-11)8-10-7-6-9(3)19-10/h6-7,11-12H,4-5,8H2,1-3H3,(H,15,17). The highest BCUT2D eigenvalue weighted by atomic mass is 16.3. The molecule has 1 saturated heterocycles. The number of amides is 2. The molecule has 104 valence electrons. The van der Waals surface area contributed by atoms with Gasteiger partial charge in [-0.1, -0.05) is 13.8 Å². The molecule has 0 aliphatic carbocycles. The van der Waals surface area contributed by atoms with Crippen LogP contribution < -0.4 is 5.32 Å². The van der Waals surface area contributed by atoms with Crippen LogP contribution in [0.3, 0.4) is 0 Å². The van der Waals surface area contributed by atoms with Crippen molar-refractivity contribution in [2.24, 2.45) is 0 Å². The van der Waals surface area contributed by atoms with E-state index in [4.69, 9.17) is 4.42 Å². The summed E-state index contributed by atoms with van der Waals surface area (Å²) in [5.74, 6) is 1.43. The second-order valence-corrected chi connectivity index (χ2v) is 4.87. The van der Waals surface area contributed by atoms with Gasteiger partial charge in [-0.3, -0.25) is 9.59 Å². The van der Waals surface area contributed by atoms with Gasteiger partial charge >= 0.3 is 0 Å². The lowest BCUT2D eigenvalue weighted by molar-refractivity contribution is -0.150. The number of rotatable bonds is 4. The van der Waals surface area contributed by atoms with E-state index in [0.29, 0.717) is 25.1 Å². The highest BCUT2D eigenvalue weighted by molar-refractivity contribution is 5.96. The van der Waals surface area contributed by atoms with Crippen molar-refractivity contribution in [3.05, 3.63) is 23.7 Å². The highest BCUT2D eigenvalue weighted by Gasteiger charge is 2.38. The Morgan fingerprint density at radius 1 is 1.26 bits per heavy atom. The lowest BCUT2D eigenvalue weighted by atomic mass is 10.0. The minimum absolute atomic E-state index is 0.0250. The van der Waals surface area contributed by atoms with Crippen molar-refractivity contribution in [3.63, 3.8) is 0 Å². The number of hydrogen-bond acceptors (Lipinski definition) is 3. The molecule has 2 atom stereocenters. The van der Waals surface area contributed by atoms with Gasteiger partial charge in [0, 0.05) is 0 Å². The largest absolute Gasteiger partial charge is 0.464 e. The van der Waals surface area contributed by atoms with E-state index in [1.165, 1.54) is 0 Å². The molecule has 2 amide bonds. The van der Waals surface area contributed by atoms with E-state index in [1.807, 2.05) is 32.9 Å². The zero-order valence-corrected chi connectivity index (χ0v) is 11.6. The Morgan fingerprint density at radius 2 is 2.00 bits per heavy atom.